The van der Waals surface area contributed by atoms with Gasteiger partial charge < -0.3 is 10.1 Å². The van der Waals surface area contributed by atoms with Gasteiger partial charge in [0.05, 0.1) is 0 Å². The van der Waals surface area contributed by atoms with Crippen molar-refractivity contribution in [3.05, 3.63) is 58.7 Å². The molecule has 4 heteroatoms. The Morgan fingerprint density at radius 2 is 2.00 bits per heavy atom. The van der Waals surface area contributed by atoms with Crippen molar-refractivity contribution in [1.29, 1.82) is 0 Å². The molecule has 2 N–H and O–H groups in total. The van der Waals surface area contributed by atoms with Crippen LogP contribution in [0.15, 0.2) is 30.3 Å². The Morgan fingerprint density at radius 3 is 2.68 bits per heavy atom. The highest BCUT2D eigenvalue weighted by Gasteiger charge is 2.21. The molecule has 0 unspecified atom stereocenters. The molecule has 0 saturated carbocycles. The Labute approximate surface area is 109 Å². The fourth-order valence-corrected chi connectivity index (χ4v) is 2.40. The molecule has 1 aromatic carbocycles. The average Bonchev–Trinajstić information content (AvgIpc) is 2.94. The molecule has 0 aliphatic heterocycles. The monoisotopic (exact) mass is 257 g/mol. The van der Waals surface area contributed by atoms with Gasteiger partial charge in [-0.3, -0.25) is 0 Å². The lowest BCUT2D eigenvalue weighted by Gasteiger charge is -1.98. The zero-order chi connectivity index (χ0) is 13.4. The molecular weight excluding hydrogens is 245 g/mol. The fourth-order valence-electron chi connectivity index (χ4n) is 2.40. The first-order chi connectivity index (χ1) is 9.13. The molecule has 0 spiro atoms. The van der Waals surface area contributed by atoms with E-state index in [1.165, 1.54) is 12.1 Å². The van der Waals surface area contributed by atoms with E-state index in [1.807, 2.05) is 6.08 Å². The zero-order valence-electron chi connectivity index (χ0n) is 10.1. The van der Waals surface area contributed by atoms with Crippen molar-refractivity contribution < 1.29 is 14.3 Å². The second-order valence-corrected chi connectivity index (χ2v) is 4.60. The smallest absolute Gasteiger partial charge is 0.352 e. The van der Waals surface area contributed by atoms with Crippen molar-refractivity contribution in [3.8, 4) is 0 Å². The number of H-pyrrole nitrogens is 1. The van der Waals surface area contributed by atoms with E-state index >= 15 is 0 Å². The molecule has 0 atom stereocenters. The first-order valence-corrected chi connectivity index (χ1v) is 6.05. The molecule has 1 aromatic heterocycles. The molecule has 1 aliphatic rings. The number of aromatic amines is 1. The number of allylic oxidation sites excluding steroid dienone is 1. The number of halogens is 1. The summed E-state index contributed by atoms with van der Waals surface area (Å²) in [7, 11) is 0. The zero-order valence-corrected chi connectivity index (χ0v) is 10.1. The molecule has 0 amide bonds. The van der Waals surface area contributed by atoms with E-state index in [0.717, 1.165) is 35.2 Å². The molecule has 0 bridgehead atoms. The molecule has 0 saturated heterocycles. The summed E-state index contributed by atoms with van der Waals surface area (Å²) < 4.78 is 12.8. The van der Waals surface area contributed by atoms with Crippen LogP contribution in [0.5, 0.6) is 0 Å². The second-order valence-electron chi connectivity index (χ2n) is 4.60. The van der Waals surface area contributed by atoms with Crippen LogP contribution in [0.1, 0.15) is 33.7 Å². The summed E-state index contributed by atoms with van der Waals surface area (Å²) >= 11 is 0. The topological polar surface area (TPSA) is 53.1 Å². The Hall–Kier alpha value is -2.36. The fraction of sp³-hybridized carbons (Fsp3) is 0.133. The van der Waals surface area contributed by atoms with Crippen molar-refractivity contribution in [2.45, 2.75) is 12.8 Å². The van der Waals surface area contributed by atoms with Crippen LogP contribution in [0, 0.1) is 5.82 Å². The van der Waals surface area contributed by atoms with E-state index in [2.05, 4.69) is 4.98 Å². The summed E-state index contributed by atoms with van der Waals surface area (Å²) in [4.78, 5) is 13.8. The van der Waals surface area contributed by atoms with Gasteiger partial charge in [-0.15, -0.1) is 0 Å². The molecular formula is C15H12FNO2. The summed E-state index contributed by atoms with van der Waals surface area (Å²) in [6.07, 6.45) is 3.67. The van der Waals surface area contributed by atoms with E-state index in [0.29, 0.717) is 0 Å². The second kappa shape index (κ2) is 4.39. The molecule has 1 aliphatic carbocycles. The van der Waals surface area contributed by atoms with Crippen LogP contribution < -0.4 is 0 Å². The van der Waals surface area contributed by atoms with Crippen molar-refractivity contribution in [1.82, 2.24) is 4.98 Å². The number of nitrogens with one attached hydrogen (secondary N) is 1. The molecule has 0 radical (unpaired) electrons. The van der Waals surface area contributed by atoms with Crippen molar-refractivity contribution in [2.24, 2.45) is 0 Å². The number of rotatable bonds is 2. The minimum atomic E-state index is -0.949. The quantitative estimate of drug-likeness (QED) is 0.866. The lowest BCUT2D eigenvalue weighted by atomic mass is 10.1. The average molecular weight is 257 g/mol. The summed E-state index contributed by atoms with van der Waals surface area (Å²) in [6.45, 7) is 0. The standard InChI is InChI=1S/C15H12FNO2/c16-11-4-1-9(2-5-11)7-10-3-6-13-12(10)8-14(17-13)15(18)19/h1-2,4-5,7-8,17H,3,6H2,(H,18,19). The summed E-state index contributed by atoms with van der Waals surface area (Å²) in [6, 6.07) is 7.93. The number of aromatic carboxylic acids is 1. The third-order valence-electron chi connectivity index (χ3n) is 3.33. The lowest BCUT2D eigenvalue weighted by Crippen LogP contribution is -1.96. The number of carboxylic acids is 1. The minimum absolute atomic E-state index is 0.217. The largest absolute Gasteiger partial charge is 0.477 e. The Balaban J connectivity index is 1.97. The van der Waals surface area contributed by atoms with Gasteiger partial charge in [0.2, 0.25) is 0 Å². The van der Waals surface area contributed by atoms with Crippen LogP contribution in [0.4, 0.5) is 4.39 Å². The van der Waals surface area contributed by atoms with Gasteiger partial charge in [0.15, 0.2) is 0 Å². The maximum atomic E-state index is 12.8. The van der Waals surface area contributed by atoms with Crippen LogP contribution in [0.25, 0.3) is 11.6 Å². The molecule has 0 fully saturated rings. The van der Waals surface area contributed by atoms with E-state index in [1.54, 1.807) is 18.2 Å². The number of fused-ring (bicyclic) bond motifs is 1. The maximum Gasteiger partial charge on any atom is 0.352 e. The number of aryl methyl sites for hydroxylation is 1. The predicted molar refractivity (Wildman–Crippen MR) is 70.3 cm³/mol. The van der Waals surface area contributed by atoms with Gasteiger partial charge in [-0.25, -0.2) is 9.18 Å². The van der Waals surface area contributed by atoms with Crippen molar-refractivity contribution in [2.75, 3.05) is 0 Å². The van der Waals surface area contributed by atoms with Gasteiger partial charge in [0.1, 0.15) is 11.5 Å². The molecule has 96 valence electrons. The van der Waals surface area contributed by atoms with Crippen molar-refractivity contribution in [3.63, 3.8) is 0 Å². The molecule has 2 aromatic rings. The van der Waals surface area contributed by atoms with Gasteiger partial charge in [0.25, 0.3) is 0 Å². The van der Waals surface area contributed by atoms with E-state index in [4.69, 9.17) is 5.11 Å². The van der Waals surface area contributed by atoms with Crippen LogP contribution in [-0.4, -0.2) is 16.1 Å². The van der Waals surface area contributed by atoms with E-state index in [-0.39, 0.29) is 11.5 Å². The van der Waals surface area contributed by atoms with Crippen LogP contribution >= 0.6 is 0 Å². The first kappa shape index (κ1) is 11.7. The Morgan fingerprint density at radius 1 is 1.26 bits per heavy atom. The van der Waals surface area contributed by atoms with Gasteiger partial charge in [-0.2, -0.15) is 0 Å². The maximum absolute atomic E-state index is 12.8. The van der Waals surface area contributed by atoms with Crippen LogP contribution in [0.3, 0.4) is 0 Å². The molecule has 19 heavy (non-hydrogen) atoms. The first-order valence-electron chi connectivity index (χ1n) is 6.05. The number of hydrogen-bond donors (Lipinski definition) is 2. The summed E-state index contributed by atoms with van der Waals surface area (Å²) in [5.41, 5.74) is 4.15. The van der Waals surface area contributed by atoms with Gasteiger partial charge in [-0.1, -0.05) is 18.2 Å². The molecule has 3 rings (SSSR count). The SMILES string of the molecule is O=C(O)c1cc2c([nH]1)CCC2=Cc1ccc(F)cc1. The third-order valence-corrected chi connectivity index (χ3v) is 3.33. The number of carboxylic acid groups (broad SMARTS) is 1. The van der Waals surface area contributed by atoms with Gasteiger partial charge >= 0.3 is 5.97 Å². The van der Waals surface area contributed by atoms with Gasteiger partial charge in [0, 0.05) is 5.69 Å². The summed E-state index contributed by atoms with van der Waals surface area (Å²) in [5.74, 6) is -1.21. The van der Waals surface area contributed by atoms with Crippen LogP contribution in [0.2, 0.25) is 0 Å². The predicted octanol–water partition coefficient (Wildman–Crippen LogP) is 3.34. The highest BCUT2D eigenvalue weighted by atomic mass is 19.1. The lowest BCUT2D eigenvalue weighted by molar-refractivity contribution is 0.0691. The van der Waals surface area contributed by atoms with E-state index in [9.17, 15) is 9.18 Å². The number of hydrogen-bond acceptors (Lipinski definition) is 1. The third kappa shape index (κ3) is 2.17. The molecule has 1 heterocycles. The van der Waals surface area contributed by atoms with E-state index < -0.39 is 5.97 Å². The Kier molecular flexibility index (Phi) is 2.71. The number of benzene rings is 1. The molecule has 3 nitrogen and oxygen atoms in total. The van der Waals surface area contributed by atoms with Crippen molar-refractivity contribution >= 4 is 17.6 Å². The highest BCUT2D eigenvalue weighted by molar-refractivity contribution is 5.91. The van der Waals surface area contributed by atoms with Crippen LogP contribution in [-0.2, 0) is 6.42 Å². The minimum Gasteiger partial charge on any atom is -0.477 e. The van der Waals surface area contributed by atoms with Gasteiger partial charge in [-0.05, 0) is 47.7 Å². The highest BCUT2D eigenvalue weighted by Crippen LogP contribution is 2.34. The summed E-state index contributed by atoms with van der Waals surface area (Å²) in [5, 5.41) is 8.96. The number of aromatic nitrogens is 1. The Bertz CT molecular complexity index is 668. The number of carbonyl (C=O) groups is 1. The normalized spacial score (nSPS) is 15.7.